The highest BCUT2D eigenvalue weighted by Gasteiger charge is 2.37. The molecule has 1 N–H and O–H groups in total. The fourth-order valence-electron chi connectivity index (χ4n) is 3.30. The van der Waals surface area contributed by atoms with Gasteiger partial charge in [-0.25, -0.2) is 0 Å². The maximum atomic E-state index is 12.9. The SMILES string of the molecule is C=CCN1C(=O)C(C)(C)COc2cc(NC(=O)c3ccc(C)cc3C)ccc21. The second kappa shape index (κ2) is 7.50. The van der Waals surface area contributed by atoms with Crippen molar-refractivity contribution in [2.24, 2.45) is 5.41 Å². The summed E-state index contributed by atoms with van der Waals surface area (Å²) < 4.78 is 5.93. The molecule has 2 aromatic carbocycles. The van der Waals surface area contributed by atoms with Gasteiger partial charge >= 0.3 is 0 Å². The van der Waals surface area contributed by atoms with E-state index < -0.39 is 5.41 Å². The number of fused-ring (bicyclic) bond motifs is 1. The molecule has 0 unspecified atom stereocenters. The van der Waals surface area contributed by atoms with Gasteiger partial charge in [0.15, 0.2) is 0 Å². The zero-order valence-corrected chi connectivity index (χ0v) is 16.8. The van der Waals surface area contributed by atoms with Gasteiger partial charge in [-0.3, -0.25) is 9.59 Å². The number of ether oxygens (including phenoxy) is 1. The van der Waals surface area contributed by atoms with Gasteiger partial charge in [-0.1, -0.05) is 23.8 Å². The fourth-order valence-corrected chi connectivity index (χ4v) is 3.30. The molecule has 5 heteroatoms. The van der Waals surface area contributed by atoms with Crippen LogP contribution in [-0.4, -0.2) is 25.0 Å². The second-order valence-corrected chi connectivity index (χ2v) is 7.83. The molecule has 0 bridgehead atoms. The topological polar surface area (TPSA) is 58.6 Å². The Kier molecular flexibility index (Phi) is 5.27. The molecule has 28 heavy (non-hydrogen) atoms. The molecule has 0 aromatic heterocycles. The molecule has 5 nitrogen and oxygen atoms in total. The van der Waals surface area contributed by atoms with E-state index in [1.807, 2.05) is 45.9 Å². The first-order valence-corrected chi connectivity index (χ1v) is 9.31. The number of carbonyl (C=O) groups is 2. The molecule has 0 fully saturated rings. The lowest BCUT2D eigenvalue weighted by molar-refractivity contribution is -0.127. The van der Waals surface area contributed by atoms with E-state index in [-0.39, 0.29) is 18.4 Å². The molecule has 0 spiro atoms. The zero-order chi connectivity index (χ0) is 20.5. The average Bonchev–Trinajstić information content (AvgIpc) is 2.72. The zero-order valence-electron chi connectivity index (χ0n) is 16.8. The summed E-state index contributed by atoms with van der Waals surface area (Å²) in [6.45, 7) is 12.1. The van der Waals surface area contributed by atoms with Gasteiger partial charge in [-0.2, -0.15) is 0 Å². The first-order chi connectivity index (χ1) is 13.2. The van der Waals surface area contributed by atoms with Crippen molar-refractivity contribution in [2.45, 2.75) is 27.7 Å². The largest absolute Gasteiger partial charge is 0.490 e. The predicted molar refractivity (Wildman–Crippen MR) is 112 cm³/mol. The van der Waals surface area contributed by atoms with Gasteiger partial charge < -0.3 is 15.0 Å². The summed E-state index contributed by atoms with van der Waals surface area (Å²) in [6.07, 6.45) is 1.69. The molecule has 1 aliphatic rings. The highest BCUT2D eigenvalue weighted by Crippen LogP contribution is 2.38. The van der Waals surface area contributed by atoms with Crippen LogP contribution in [0.15, 0.2) is 49.1 Å². The summed E-state index contributed by atoms with van der Waals surface area (Å²) in [4.78, 5) is 27.2. The molecular weight excluding hydrogens is 352 g/mol. The van der Waals surface area contributed by atoms with Crippen LogP contribution in [0.4, 0.5) is 11.4 Å². The third-order valence-corrected chi connectivity index (χ3v) is 4.86. The highest BCUT2D eigenvalue weighted by molar-refractivity contribution is 6.06. The van der Waals surface area contributed by atoms with Crippen LogP contribution in [0.3, 0.4) is 0 Å². The summed E-state index contributed by atoms with van der Waals surface area (Å²) in [5.41, 5.74) is 3.32. The molecule has 0 aliphatic carbocycles. The number of anilines is 2. The first kappa shape index (κ1) is 19.7. The number of amides is 2. The third kappa shape index (κ3) is 3.79. The van der Waals surface area contributed by atoms with Crippen molar-refractivity contribution in [3.63, 3.8) is 0 Å². The van der Waals surface area contributed by atoms with E-state index in [4.69, 9.17) is 4.74 Å². The smallest absolute Gasteiger partial charge is 0.255 e. The standard InChI is InChI=1S/C23H26N2O3/c1-6-11-25-19-10-8-17(13-20(19)28-14-23(4,5)22(25)27)24-21(26)18-9-7-15(2)12-16(18)3/h6-10,12-13H,1,11,14H2,2-5H3,(H,24,26). The normalized spacial score (nSPS) is 15.3. The molecule has 0 saturated carbocycles. The summed E-state index contributed by atoms with van der Waals surface area (Å²) in [5.74, 6) is 0.378. The molecule has 3 rings (SSSR count). The van der Waals surface area contributed by atoms with Crippen molar-refractivity contribution in [3.8, 4) is 5.75 Å². The van der Waals surface area contributed by atoms with E-state index in [1.165, 1.54) is 0 Å². The Morgan fingerprint density at radius 3 is 2.68 bits per heavy atom. The monoisotopic (exact) mass is 378 g/mol. The molecule has 0 radical (unpaired) electrons. The minimum Gasteiger partial charge on any atom is -0.490 e. The Bertz CT molecular complexity index is 947. The van der Waals surface area contributed by atoms with Crippen LogP contribution in [0.5, 0.6) is 5.75 Å². The Morgan fingerprint density at radius 2 is 2.00 bits per heavy atom. The predicted octanol–water partition coefficient (Wildman–Crippen LogP) is 4.49. The maximum Gasteiger partial charge on any atom is 0.255 e. The molecule has 146 valence electrons. The average molecular weight is 378 g/mol. The maximum absolute atomic E-state index is 12.9. The van der Waals surface area contributed by atoms with Crippen molar-refractivity contribution >= 4 is 23.2 Å². The van der Waals surface area contributed by atoms with Crippen molar-refractivity contribution < 1.29 is 14.3 Å². The molecule has 0 atom stereocenters. The van der Waals surface area contributed by atoms with Crippen LogP contribution >= 0.6 is 0 Å². The number of hydrogen-bond donors (Lipinski definition) is 1. The van der Waals surface area contributed by atoms with Crippen LogP contribution in [0.25, 0.3) is 0 Å². The number of rotatable bonds is 4. The van der Waals surface area contributed by atoms with Crippen LogP contribution in [-0.2, 0) is 4.79 Å². The van der Waals surface area contributed by atoms with E-state index in [2.05, 4.69) is 11.9 Å². The lowest BCUT2D eigenvalue weighted by atomic mass is 9.93. The molecule has 2 amide bonds. The van der Waals surface area contributed by atoms with Crippen molar-refractivity contribution in [3.05, 3.63) is 65.7 Å². The van der Waals surface area contributed by atoms with Gasteiger partial charge in [0.05, 0.1) is 11.1 Å². The fraction of sp³-hybridized carbons (Fsp3) is 0.304. The second-order valence-electron chi connectivity index (χ2n) is 7.83. The lowest BCUT2D eigenvalue weighted by Crippen LogP contribution is -2.42. The summed E-state index contributed by atoms with van der Waals surface area (Å²) in [7, 11) is 0. The molecule has 1 aliphatic heterocycles. The van der Waals surface area contributed by atoms with Crippen LogP contribution < -0.4 is 15.0 Å². The van der Waals surface area contributed by atoms with Crippen LogP contribution in [0.1, 0.15) is 35.3 Å². The lowest BCUT2D eigenvalue weighted by Gasteiger charge is -2.27. The van der Waals surface area contributed by atoms with Gasteiger partial charge in [0.25, 0.3) is 5.91 Å². The number of aryl methyl sites for hydroxylation is 2. The molecule has 1 heterocycles. The Labute approximate surface area is 166 Å². The first-order valence-electron chi connectivity index (χ1n) is 9.31. The molecular formula is C23H26N2O3. The van der Waals surface area contributed by atoms with E-state index in [1.54, 1.807) is 29.2 Å². The van der Waals surface area contributed by atoms with Crippen LogP contribution in [0.2, 0.25) is 0 Å². The van der Waals surface area contributed by atoms with Crippen LogP contribution in [0, 0.1) is 19.3 Å². The van der Waals surface area contributed by atoms with E-state index in [0.29, 0.717) is 29.2 Å². The number of hydrogen-bond acceptors (Lipinski definition) is 3. The van der Waals surface area contributed by atoms with Crippen molar-refractivity contribution in [1.82, 2.24) is 0 Å². The number of carbonyl (C=O) groups excluding carboxylic acids is 2. The van der Waals surface area contributed by atoms with Crippen molar-refractivity contribution in [1.29, 1.82) is 0 Å². The Morgan fingerprint density at radius 1 is 1.25 bits per heavy atom. The van der Waals surface area contributed by atoms with Crippen molar-refractivity contribution in [2.75, 3.05) is 23.4 Å². The Balaban J connectivity index is 1.91. The van der Waals surface area contributed by atoms with Gasteiger partial charge in [0, 0.05) is 23.9 Å². The highest BCUT2D eigenvalue weighted by atomic mass is 16.5. The molecule has 2 aromatic rings. The van der Waals surface area contributed by atoms with Gasteiger partial charge in [-0.15, -0.1) is 6.58 Å². The quantitative estimate of drug-likeness (QED) is 0.797. The summed E-state index contributed by atoms with van der Waals surface area (Å²) in [6, 6.07) is 11.1. The number of nitrogens with zero attached hydrogens (tertiary/aromatic N) is 1. The van der Waals surface area contributed by atoms with E-state index in [0.717, 1.165) is 11.1 Å². The summed E-state index contributed by atoms with van der Waals surface area (Å²) >= 11 is 0. The minimum absolute atomic E-state index is 0.0155. The van der Waals surface area contributed by atoms with E-state index >= 15 is 0 Å². The van der Waals surface area contributed by atoms with Gasteiger partial charge in [0.2, 0.25) is 5.91 Å². The third-order valence-electron chi connectivity index (χ3n) is 4.86. The number of nitrogens with one attached hydrogen (secondary N) is 1. The number of benzene rings is 2. The molecule has 0 saturated heterocycles. The Hall–Kier alpha value is -3.08. The van der Waals surface area contributed by atoms with E-state index in [9.17, 15) is 9.59 Å². The summed E-state index contributed by atoms with van der Waals surface area (Å²) in [5, 5.41) is 2.93. The van der Waals surface area contributed by atoms with Gasteiger partial charge in [0.1, 0.15) is 12.4 Å². The van der Waals surface area contributed by atoms with Gasteiger partial charge in [-0.05, 0) is 51.5 Å². The minimum atomic E-state index is -0.648.